The highest BCUT2D eigenvalue weighted by atomic mass is 79.9. The Morgan fingerprint density at radius 1 is 1.16 bits per heavy atom. The van der Waals surface area contributed by atoms with Crippen LogP contribution in [0, 0.1) is 17.6 Å². The number of nitrogens with zero attached hydrogens (tertiary/aromatic N) is 3. The minimum absolute atomic E-state index is 0.0956. The van der Waals surface area contributed by atoms with Crippen molar-refractivity contribution in [2.75, 3.05) is 11.5 Å². The maximum absolute atomic E-state index is 14.6. The van der Waals surface area contributed by atoms with Gasteiger partial charge in [-0.05, 0) is 36.4 Å². The standard InChI is InChI=1S/C23H26BrF2N3O2Si/c1-14-22(21-17(25)9-15(24)10-18(21)26)29(23(14)30)16-5-6-20-19(11-16)27-12-28(20)13-31-7-8-32(2,3)4/h5-6,9-12,14,22H,7-8,13H2,1-4H3/t14-,22-/m1/s1. The van der Waals surface area contributed by atoms with Crippen LogP contribution in [0.1, 0.15) is 18.5 Å². The Bertz CT molecular complexity index is 1150. The van der Waals surface area contributed by atoms with E-state index in [0.717, 1.165) is 11.6 Å². The quantitative estimate of drug-likeness (QED) is 0.214. The molecule has 1 amide bonds. The van der Waals surface area contributed by atoms with Crippen LogP contribution in [0.4, 0.5) is 14.5 Å². The molecule has 0 radical (unpaired) electrons. The number of halogens is 3. The molecule has 4 rings (SSSR count). The number of β-lactam (4-membered cyclic amide) rings is 1. The summed E-state index contributed by atoms with van der Waals surface area (Å²) >= 11 is 3.11. The first-order valence-electron chi connectivity index (χ1n) is 10.6. The van der Waals surface area contributed by atoms with Crippen LogP contribution in [0.25, 0.3) is 11.0 Å². The number of carbonyl (C=O) groups excluding carboxylic acids is 1. The monoisotopic (exact) mass is 521 g/mol. The molecule has 0 N–H and O–H groups in total. The molecular weight excluding hydrogens is 496 g/mol. The number of aromatic nitrogens is 2. The normalized spacial score (nSPS) is 19.0. The molecule has 0 saturated carbocycles. The van der Waals surface area contributed by atoms with Crippen molar-refractivity contribution in [1.82, 2.24) is 9.55 Å². The molecule has 0 spiro atoms. The zero-order valence-electron chi connectivity index (χ0n) is 18.5. The third-order valence-electron chi connectivity index (χ3n) is 5.83. The summed E-state index contributed by atoms with van der Waals surface area (Å²) in [5, 5.41) is 0. The summed E-state index contributed by atoms with van der Waals surface area (Å²) in [6.07, 6.45) is 1.70. The Labute approximate surface area is 195 Å². The molecule has 170 valence electrons. The SMILES string of the molecule is C[C@H]1C(=O)N(c2ccc3c(c2)ncn3COCC[Si](C)(C)C)[C@H]1c1c(F)cc(Br)cc1F. The Balaban J connectivity index is 1.57. The smallest absolute Gasteiger partial charge is 0.232 e. The number of hydrogen-bond donors (Lipinski definition) is 0. The van der Waals surface area contributed by atoms with Gasteiger partial charge in [-0.1, -0.05) is 42.5 Å². The number of anilines is 1. The second kappa shape index (κ2) is 8.68. The summed E-state index contributed by atoms with van der Waals surface area (Å²) in [5.41, 5.74) is 2.04. The van der Waals surface area contributed by atoms with Crippen molar-refractivity contribution in [2.24, 2.45) is 5.92 Å². The summed E-state index contributed by atoms with van der Waals surface area (Å²) < 4.78 is 37.3. The molecule has 3 aromatic rings. The molecule has 9 heteroatoms. The average Bonchev–Trinajstić information content (AvgIpc) is 3.11. The fourth-order valence-electron chi connectivity index (χ4n) is 3.98. The van der Waals surface area contributed by atoms with E-state index in [9.17, 15) is 13.6 Å². The zero-order valence-corrected chi connectivity index (χ0v) is 21.1. The number of imidazole rings is 1. The van der Waals surface area contributed by atoms with E-state index in [4.69, 9.17) is 4.74 Å². The van der Waals surface area contributed by atoms with Crippen molar-refractivity contribution >= 4 is 46.6 Å². The predicted octanol–water partition coefficient (Wildman–Crippen LogP) is 6.11. The molecule has 1 saturated heterocycles. The summed E-state index contributed by atoms with van der Waals surface area (Å²) in [7, 11) is -1.15. The number of ether oxygens (including phenoxy) is 1. The molecule has 0 aliphatic carbocycles. The van der Waals surface area contributed by atoms with Crippen molar-refractivity contribution < 1.29 is 18.3 Å². The summed E-state index contributed by atoms with van der Waals surface area (Å²) in [4.78, 5) is 18.5. The van der Waals surface area contributed by atoms with Gasteiger partial charge in [0.25, 0.3) is 0 Å². The highest BCUT2D eigenvalue weighted by molar-refractivity contribution is 9.10. The third-order valence-corrected chi connectivity index (χ3v) is 7.99. The van der Waals surface area contributed by atoms with Gasteiger partial charge in [-0.3, -0.25) is 4.79 Å². The van der Waals surface area contributed by atoms with E-state index in [1.807, 2.05) is 10.6 Å². The van der Waals surface area contributed by atoms with Crippen LogP contribution in [-0.2, 0) is 16.3 Å². The van der Waals surface area contributed by atoms with Gasteiger partial charge < -0.3 is 14.2 Å². The van der Waals surface area contributed by atoms with Gasteiger partial charge in [0.05, 0.1) is 29.3 Å². The van der Waals surface area contributed by atoms with Gasteiger partial charge in [0.15, 0.2) is 0 Å². The van der Waals surface area contributed by atoms with Crippen molar-refractivity contribution in [1.29, 1.82) is 0 Å². The van der Waals surface area contributed by atoms with E-state index < -0.39 is 31.7 Å². The summed E-state index contributed by atoms with van der Waals surface area (Å²) in [5.74, 6) is -2.04. The topological polar surface area (TPSA) is 47.4 Å². The lowest BCUT2D eigenvalue weighted by Gasteiger charge is -2.46. The molecule has 5 nitrogen and oxygen atoms in total. The molecular formula is C23H26BrF2N3O2Si. The molecule has 0 unspecified atom stereocenters. The van der Waals surface area contributed by atoms with Crippen molar-refractivity contribution in [2.45, 2.75) is 45.4 Å². The number of carbonyl (C=O) groups is 1. The fourth-order valence-corrected chi connectivity index (χ4v) is 5.14. The number of amides is 1. The van der Waals surface area contributed by atoms with Gasteiger partial charge >= 0.3 is 0 Å². The van der Waals surface area contributed by atoms with Crippen LogP contribution < -0.4 is 4.90 Å². The van der Waals surface area contributed by atoms with Crippen LogP contribution in [0.15, 0.2) is 41.1 Å². The van der Waals surface area contributed by atoms with Crippen LogP contribution in [-0.4, -0.2) is 30.1 Å². The molecule has 1 aliphatic heterocycles. The molecule has 0 bridgehead atoms. The number of hydrogen-bond acceptors (Lipinski definition) is 3. The van der Waals surface area contributed by atoms with Crippen LogP contribution in [0.3, 0.4) is 0 Å². The van der Waals surface area contributed by atoms with Gasteiger partial charge in [-0.25, -0.2) is 13.8 Å². The first kappa shape index (κ1) is 23.1. The van der Waals surface area contributed by atoms with Gasteiger partial charge in [0.1, 0.15) is 18.4 Å². The van der Waals surface area contributed by atoms with E-state index >= 15 is 0 Å². The van der Waals surface area contributed by atoms with E-state index in [0.29, 0.717) is 29.0 Å². The third kappa shape index (κ3) is 4.38. The first-order valence-corrected chi connectivity index (χ1v) is 15.1. The lowest BCUT2D eigenvalue weighted by molar-refractivity contribution is -0.129. The lowest BCUT2D eigenvalue weighted by atomic mass is 9.82. The summed E-state index contributed by atoms with van der Waals surface area (Å²) in [6, 6.07) is 8.25. The van der Waals surface area contributed by atoms with E-state index in [1.165, 1.54) is 17.0 Å². The van der Waals surface area contributed by atoms with Gasteiger partial charge in [-0.15, -0.1) is 0 Å². The minimum atomic E-state index is -1.15. The predicted molar refractivity (Wildman–Crippen MR) is 127 cm³/mol. The molecule has 32 heavy (non-hydrogen) atoms. The molecule has 1 fully saturated rings. The van der Waals surface area contributed by atoms with E-state index in [-0.39, 0.29) is 11.5 Å². The van der Waals surface area contributed by atoms with Crippen molar-refractivity contribution in [3.63, 3.8) is 0 Å². The number of rotatable bonds is 7. The van der Waals surface area contributed by atoms with Crippen molar-refractivity contribution in [3.8, 4) is 0 Å². The zero-order chi connectivity index (χ0) is 23.2. The van der Waals surface area contributed by atoms with E-state index in [1.54, 1.807) is 25.4 Å². The first-order chi connectivity index (χ1) is 15.1. The molecule has 2 aromatic carbocycles. The largest absolute Gasteiger partial charge is 0.361 e. The maximum atomic E-state index is 14.6. The number of fused-ring (bicyclic) bond motifs is 1. The van der Waals surface area contributed by atoms with Crippen LogP contribution in [0.5, 0.6) is 0 Å². The van der Waals surface area contributed by atoms with Crippen LogP contribution >= 0.6 is 15.9 Å². The van der Waals surface area contributed by atoms with Gasteiger partial charge in [0.2, 0.25) is 5.91 Å². The Morgan fingerprint density at radius 3 is 2.50 bits per heavy atom. The lowest BCUT2D eigenvalue weighted by Crippen LogP contribution is -2.54. The fraction of sp³-hybridized carbons (Fsp3) is 0.391. The molecule has 2 heterocycles. The highest BCUT2D eigenvalue weighted by Gasteiger charge is 2.48. The second-order valence-corrected chi connectivity index (χ2v) is 16.0. The Hall–Kier alpha value is -2.10. The van der Waals surface area contributed by atoms with Gasteiger partial charge in [0, 0.05) is 30.4 Å². The Kier molecular flexibility index (Phi) is 6.26. The molecule has 1 aliphatic rings. The van der Waals surface area contributed by atoms with Gasteiger partial charge in [-0.2, -0.15) is 0 Å². The van der Waals surface area contributed by atoms with E-state index in [2.05, 4.69) is 40.6 Å². The highest BCUT2D eigenvalue weighted by Crippen LogP contribution is 2.45. The molecule has 2 atom stereocenters. The van der Waals surface area contributed by atoms with Crippen molar-refractivity contribution in [3.05, 3.63) is 58.3 Å². The van der Waals surface area contributed by atoms with Crippen LogP contribution in [0.2, 0.25) is 25.7 Å². The minimum Gasteiger partial charge on any atom is -0.361 e. The number of benzene rings is 2. The average molecular weight is 522 g/mol. The Morgan fingerprint density at radius 2 is 1.84 bits per heavy atom. The summed E-state index contributed by atoms with van der Waals surface area (Å²) in [6.45, 7) is 9.72. The second-order valence-electron chi connectivity index (χ2n) is 9.46. The maximum Gasteiger partial charge on any atom is 0.232 e. The molecule has 1 aromatic heterocycles.